The predicted molar refractivity (Wildman–Crippen MR) is 493 cm³/mol. The second-order valence-electron chi connectivity index (χ2n) is 30.0. The molecular weight excluding hydrogens is 1830 g/mol. The Hall–Kier alpha value is -15.1. The Balaban J connectivity index is 0.000000114. The Morgan fingerprint density at radius 3 is 0.905 bits per heavy atom. The number of nitrogens with zero attached hydrogens (tertiary/aromatic N) is 13. The van der Waals surface area contributed by atoms with Crippen LogP contribution in [0, 0.1) is 36.4 Å². The molecule has 13 heterocycles. The van der Waals surface area contributed by atoms with Crippen LogP contribution in [0.3, 0.4) is 0 Å². The van der Waals surface area contributed by atoms with Crippen molar-refractivity contribution in [3.8, 4) is 63.2 Å². The minimum Gasteiger partial charge on any atom is -0.466 e. The van der Waals surface area contributed by atoms with Crippen molar-refractivity contribution in [2.75, 3.05) is 0 Å². The van der Waals surface area contributed by atoms with E-state index in [4.69, 9.17) is 29.4 Å². The van der Waals surface area contributed by atoms with Gasteiger partial charge in [0, 0.05) is 115 Å². The first-order valence-electron chi connectivity index (χ1n) is 40.6. The number of hydrogen-bond donors (Lipinski definition) is 0. The number of aromatic nitrogens is 13. The minimum absolute atomic E-state index is 0. The zero-order valence-electron chi connectivity index (χ0n) is 66.5. The van der Waals surface area contributed by atoms with Gasteiger partial charge in [0.25, 0.3) is 0 Å². The van der Waals surface area contributed by atoms with Gasteiger partial charge < -0.3 is 41.4 Å². The summed E-state index contributed by atoms with van der Waals surface area (Å²) in [5.41, 5.74) is 19.8. The van der Waals surface area contributed by atoms with E-state index in [2.05, 4.69) is 333 Å². The van der Waals surface area contributed by atoms with E-state index < -0.39 is 0 Å². The van der Waals surface area contributed by atoms with E-state index in [1.165, 1.54) is 26.9 Å². The number of ether oxygens (including phenoxy) is 2. The molecule has 602 valence electrons. The Morgan fingerprint density at radius 2 is 0.484 bits per heavy atom. The van der Waals surface area contributed by atoms with Gasteiger partial charge in [-0.1, -0.05) is 202 Å². The van der Waals surface area contributed by atoms with E-state index in [1.807, 2.05) is 116 Å². The number of pyridine rings is 6. The van der Waals surface area contributed by atoms with Gasteiger partial charge in [-0.05, 0) is 125 Å². The number of hydrogen-bond acceptors (Lipinski definition) is 8. The van der Waals surface area contributed by atoms with E-state index in [0.717, 1.165) is 166 Å². The molecule has 0 atom stereocenters. The first-order valence-corrected chi connectivity index (χ1v) is 40.6. The van der Waals surface area contributed by atoms with Crippen molar-refractivity contribution in [2.24, 2.45) is 0 Å². The maximum Gasteiger partial charge on any atom is 2.00 e. The van der Waals surface area contributed by atoms with Crippen molar-refractivity contribution in [3.63, 3.8) is 0 Å². The molecule has 0 aliphatic rings. The molecule has 0 amide bonds. The van der Waals surface area contributed by atoms with Crippen molar-refractivity contribution >= 4 is 153 Å². The van der Waals surface area contributed by atoms with Crippen molar-refractivity contribution < 1.29 is 70.7 Å². The summed E-state index contributed by atoms with van der Waals surface area (Å²) in [7, 11) is 0. The zero-order chi connectivity index (χ0) is 81.0. The van der Waals surface area contributed by atoms with Gasteiger partial charge in [-0.15, -0.1) is 106 Å². The number of fused-ring (bicyclic) bond motifs is 21. The van der Waals surface area contributed by atoms with Gasteiger partial charge in [-0.25, -0.2) is 29.9 Å². The minimum atomic E-state index is 0. The van der Waals surface area contributed by atoms with Crippen LogP contribution in [0.25, 0.3) is 193 Å². The maximum atomic E-state index is 6.05. The molecule has 126 heavy (non-hydrogen) atoms. The third-order valence-corrected chi connectivity index (χ3v) is 23.1. The molecule has 0 saturated carbocycles. The molecule has 0 N–H and O–H groups in total. The summed E-state index contributed by atoms with van der Waals surface area (Å²) in [6.07, 6.45) is 10.8. The van der Waals surface area contributed by atoms with Crippen LogP contribution in [0.4, 0.5) is 0 Å². The summed E-state index contributed by atoms with van der Waals surface area (Å²) in [4.78, 5) is 27.6. The molecule has 26 aromatic rings. The fourth-order valence-electron chi connectivity index (χ4n) is 17.9. The second kappa shape index (κ2) is 32.6. The Kier molecular flexibility index (Phi) is 20.3. The third-order valence-electron chi connectivity index (χ3n) is 23.1. The molecule has 0 fully saturated rings. The third kappa shape index (κ3) is 13.1. The topological polar surface area (TPSA) is 130 Å². The monoisotopic (exact) mass is 1890 g/mol. The van der Waals surface area contributed by atoms with Gasteiger partial charge in [0.05, 0.1) is 16.6 Å². The molecule has 0 bridgehead atoms. The first-order chi connectivity index (χ1) is 61.0. The van der Waals surface area contributed by atoms with E-state index in [1.54, 1.807) is 12.4 Å². The van der Waals surface area contributed by atoms with Gasteiger partial charge in [-0.3, -0.25) is 0 Å². The van der Waals surface area contributed by atoms with E-state index in [9.17, 15) is 0 Å². The van der Waals surface area contributed by atoms with Crippen molar-refractivity contribution in [3.05, 3.63) is 419 Å². The first kappa shape index (κ1) is 78.2. The molecule has 0 aliphatic carbocycles. The van der Waals surface area contributed by atoms with Crippen LogP contribution in [0.15, 0.2) is 383 Å². The molecule has 0 radical (unpaired) electrons. The van der Waals surface area contributed by atoms with Crippen LogP contribution < -0.4 is 9.47 Å². The van der Waals surface area contributed by atoms with E-state index in [0.29, 0.717) is 23.3 Å². The number of para-hydroxylation sites is 7. The van der Waals surface area contributed by atoms with Crippen molar-refractivity contribution in [2.45, 2.75) is 0 Å². The average molecular weight is 1890 g/mol. The SMILES string of the molecule is [Pd+2].[Pd+2].[Pd+2].[c-]1c(-n2c3[c-]c(Oc4ccccn4)ccc3c3ccccc32)cccc1-n1c2ccccc2c2cccnc21.[c-]1c(-n2c3[c-]c4c(cc3c3ccccc32)c2ccccc2n4-c2ccccn2)cccc1-n1c2ccccc2c2cccnc21.[c-]1c(Oc2ccccn2)cccc1-n1c2[c-]c(-n3c4ccccc4c4cccnc43)ccc2c2ccccc21. The smallest absolute Gasteiger partial charge is 0.466 e. The van der Waals surface area contributed by atoms with Gasteiger partial charge in [0.15, 0.2) is 0 Å². The average Bonchev–Trinajstić information content (AvgIpc) is 1.55. The molecule has 0 unspecified atom stereocenters. The molecule has 15 nitrogen and oxygen atoms in total. The predicted octanol–water partition coefficient (Wildman–Crippen LogP) is 25.5. The quantitative estimate of drug-likeness (QED) is 0.0924. The largest absolute Gasteiger partial charge is 2.00 e. The van der Waals surface area contributed by atoms with Gasteiger partial charge in [-0.2, -0.15) is 36.4 Å². The van der Waals surface area contributed by atoms with Crippen molar-refractivity contribution in [1.82, 2.24) is 61.9 Å². The van der Waals surface area contributed by atoms with Crippen LogP contribution >= 0.6 is 0 Å². The van der Waals surface area contributed by atoms with Gasteiger partial charge in [0.2, 0.25) is 11.8 Å². The Bertz CT molecular complexity index is 8530. The Labute approximate surface area is 761 Å². The fraction of sp³-hybridized carbons (Fsp3) is 0. The standard InChI is InChI=1S/C40H23N5.2C34H20N4O.3Pd/c1-5-18-35-28(13-1)31-16-10-22-42-40(31)44(35)27-12-9-11-26(23-27)43-34-17-4-2-14-29(34)32-24-33-30-15-3-6-19-36(30)45(38(33)25-37(32)43)39-20-7-8-21-41-39;1-3-14-30-26(11-1)28-18-17-24(38-31-15-4-2-12-27(31)29-13-8-20-36-34(29)38)22-32(28)37(30)23-9-7-10-25(21-23)39-33-16-5-6-19-35-33;1-3-14-30-26(11-1)28-18-17-25(39-33-16-5-6-19-35-33)22-32(28)37(30)23-9-7-10-24(21-23)38-31-15-4-2-12-27(31)29-13-8-20-36-34(29)38;;;/h1-22,24H;2*1-20H;;;/q3*-2;3*+2. The van der Waals surface area contributed by atoms with Crippen LogP contribution in [0.1, 0.15) is 0 Å². The number of rotatable bonds is 11. The normalized spacial score (nSPS) is 11.5. The summed E-state index contributed by atoms with van der Waals surface area (Å²) in [5, 5.41) is 16.1. The van der Waals surface area contributed by atoms with Crippen LogP contribution in [-0.4, -0.2) is 61.9 Å². The second-order valence-corrected chi connectivity index (χ2v) is 30.0. The van der Waals surface area contributed by atoms with Crippen LogP contribution in [-0.2, 0) is 61.3 Å². The van der Waals surface area contributed by atoms with E-state index >= 15 is 0 Å². The molecular formula is C108H63N13O2Pd3. The van der Waals surface area contributed by atoms with Crippen molar-refractivity contribution in [1.29, 1.82) is 0 Å². The molecule has 0 aliphatic heterocycles. The summed E-state index contributed by atoms with van der Waals surface area (Å²) < 4.78 is 27.5. The molecule has 0 saturated heterocycles. The molecule has 13 aromatic heterocycles. The summed E-state index contributed by atoms with van der Waals surface area (Å²) >= 11 is 0. The summed E-state index contributed by atoms with van der Waals surface area (Å²) in [6, 6.07) is 140. The fourth-order valence-corrected chi connectivity index (χ4v) is 17.9. The van der Waals surface area contributed by atoms with Crippen LogP contribution in [0.5, 0.6) is 23.3 Å². The maximum absolute atomic E-state index is 6.05. The van der Waals surface area contributed by atoms with Gasteiger partial charge >= 0.3 is 61.3 Å². The molecule has 0 spiro atoms. The zero-order valence-corrected chi connectivity index (χ0v) is 71.1. The summed E-state index contributed by atoms with van der Waals surface area (Å²) in [5.74, 6) is 3.13. The number of benzene rings is 13. The molecule has 26 rings (SSSR count). The molecule has 13 aromatic carbocycles. The molecule has 18 heteroatoms. The van der Waals surface area contributed by atoms with E-state index in [-0.39, 0.29) is 61.3 Å². The Morgan fingerprint density at radius 1 is 0.183 bits per heavy atom. The van der Waals surface area contributed by atoms with Crippen LogP contribution in [0.2, 0.25) is 0 Å². The van der Waals surface area contributed by atoms with Gasteiger partial charge in [0.1, 0.15) is 22.8 Å². The summed E-state index contributed by atoms with van der Waals surface area (Å²) in [6.45, 7) is 0.